The summed E-state index contributed by atoms with van der Waals surface area (Å²) in [6.07, 6.45) is 1.42. The lowest BCUT2D eigenvalue weighted by Gasteiger charge is -2.29. The second-order valence-electron chi connectivity index (χ2n) is 6.95. The molecule has 27 heavy (non-hydrogen) atoms. The summed E-state index contributed by atoms with van der Waals surface area (Å²) >= 11 is 0. The SMILES string of the molecule is CC(C)c1c(-c2ccc(N3CCOCC3)cc2)[nH]c2c(C#N)cnn2c1=O. The molecule has 0 bridgehead atoms. The Balaban J connectivity index is 1.83. The number of fused-ring (bicyclic) bond motifs is 1. The van der Waals surface area contributed by atoms with E-state index in [1.165, 1.54) is 10.7 Å². The van der Waals surface area contributed by atoms with Crippen LogP contribution in [0.25, 0.3) is 16.9 Å². The predicted molar refractivity (Wildman–Crippen MR) is 103 cm³/mol. The summed E-state index contributed by atoms with van der Waals surface area (Å²) in [5.41, 5.74) is 4.06. The number of benzene rings is 1. The first kappa shape index (κ1) is 17.3. The van der Waals surface area contributed by atoms with Gasteiger partial charge in [-0.05, 0) is 23.6 Å². The van der Waals surface area contributed by atoms with E-state index in [1.54, 1.807) is 0 Å². The monoisotopic (exact) mass is 363 g/mol. The van der Waals surface area contributed by atoms with E-state index in [1.807, 2.05) is 26.0 Å². The molecule has 2 aromatic heterocycles. The van der Waals surface area contributed by atoms with Gasteiger partial charge in [-0.3, -0.25) is 4.79 Å². The zero-order valence-corrected chi connectivity index (χ0v) is 15.4. The number of nitriles is 1. The average Bonchev–Trinajstić information content (AvgIpc) is 3.12. The number of ether oxygens (including phenoxy) is 1. The number of hydrogen-bond acceptors (Lipinski definition) is 5. The summed E-state index contributed by atoms with van der Waals surface area (Å²) in [6, 6.07) is 10.2. The molecule has 0 unspecified atom stereocenters. The van der Waals surface area contributed by atoms with E-state index in [0.717, 1.165) is 43.2 Å². The van der Waals surface area contributed by atoms with Gasteiger partial charge in [0.2, 0.25) is 0 Å². The third-order valence-corrected chi connectivity index (χ3v) is 4.93. The quantitative estimate of drug-likeness (QED) is 0.773. The van der Waals surface area contributed by atoms with Crippen LogP contribution < -0.4 is 10.5 Å². The lowest BCUT2D eigenvalue weighted by atomic mass is 9.98. The Hall–Kier alpha value is -3.11. The van der Waals surface area contributed by atoms with E-state index < -0.39 is 0 Å². The summed E-state index contributed by atoms with van der Waals surface area (Å²) in [7, 11) is 0. The number of anilines is 1. The van der Waals surface area contributed by atoms with Crippen molar-refractivity contribution in [3.8, 4) is 17.3 Å². The zero-order valence-electron chi connectivity index (χ0n) is 15.4. The molecule has 1 fully saturated rings. The molecular weight excluding hydrogens is 342 g/mol. The molecule has 7 nitrogen and oxygen atoms in total. The summed E-state index contributed by atoms with van der Waals surface area (Å²) in [4.78, 5) is 18.5. The van der Waals surface area contributed by atoms with Crippen LogP contribution in [0.1, 0.15) is 30.9 Å². The number of hydrogen-bond donors (Lipinski definition) is 1. The van der Waals surface area contributed by atoms with Crippen molar-refractivity contribution in [1.29, 1.82) is 5.26 Å². The van der Waals surface area contributed by atoms with Gasteiger partial charge in [0.25, 0.3) is 5.56 Å². The molecule has 1 saturated heterocycles. The molecule has 0 atom stereocenters. The molecule has 1 aliphatic heterocycles. The minimum atomic E-state index is -0.187. The van der Waals surface area contributed by atoms with Crippen LogP contribution in [-0.2, 0) is 4.74 Å². The van der Waals surface area contributed by atoms with Gasteiger partial charge in [-0.15, -0.1) is 0 Å². The highest BCUT2D eigenvalue weighted by atomic mass is 16.5. The van der Waals surface area contributed by atoms with Gasteiger partial charge in [-0.25, -0.2) is 0 Å². The first-order chi connectivity index (χ1) is 13.1. The lowest BCUT2D eigenvalue weighted by Crippen LogP contribution is -2.36. The average molecular weight is 363 g/mol. The molecule has 7 heteroatoms. The van der Waals surface area contributed by atoms with Crippen molar-refractivity contribution < 1.29 is 4.74 Å². The summed E-state index contributed by atoms with van der Waals surface area (Å²) in [5, 5.41) is 13.4. The third kappa shape index (κ3) is 2.98. The van der Waals surface area contributed by atoms with Gasteiger partial charge in [0.05, 0.1) is 25.1 Å². The fourth-order valence-corrected chi connectivity index (χ4v) is 3.54. The van der Waals surface area contributed by atoms with Gasteiger partial charge in [-0.1, -0.05) is 26.0 Å². The smallest absolute Gasteiger partial charge is 0.278 e. The van der Waals surface area contributed by atoms with E-state index >= 15 is 0 Å². The van der Waals surface area contributed by atoms with Crippen molar-refractivity contribution in [2.45, 2.75) is 19.8 Å². The van der Waals surface area contributed by atoms with Crippen molar-refractivity contribution in [3.63, 3.8) is 0 Å². The van der Waals surface area contributed by atoms with Gasteiger partial charge >= 0.3 is 0 Å². The molecule has 0 spiro atoms. The van der Waals surface area contributed by atoms with Crippen LogP contribution >= 0.6 is 0 Å². The molecule has 0 aliphatic carbocycles. The molecule has 1 aliphatic rings. The van der Waals surface area contributed by atoms with Crippen molar-refractivity contribution in [1.82, 2.24) is 14.6 Å². The van der Waals surface area contributed by atoms with E-state index in [2.05, 4.69) is 33.2 Å². The molecule has 0 amide bonds. The molecule has 3 aromatic rings. The van der Waals surface area contributed by atoms with Crippen LogP contribution in [0, 0.1) is 11.3 Å². The van der Waals surface area contributed by atoms with Crippen LogP contribution in [-0.4, -0.2) is 40.9 Å². The van der Waals surface area contributed by atoms with Gasteiger partial charge < -0.3 is 14.6 Å². The Morgan fingerprint density at radius 1 is 1.22 bits per heavy atom. The highest BCUT2D eigenvalue weighted by molar-refractivity contribution is 5.70. The molecule has 1 aromatic carbocycles. The zero-order chi connectivity index (χ0) is 19.0. The van der Waals surface area contributed by atoms with Gasteiger partial charge in [-0.2, -0.15) is 14.9 Å². The Kier molecular flexibility index (Phi) is 4.42. The lowest BCUT2D eigenvalue weighted by molar-refractivity contribution is 0.122. The number of aromatic amines is 1. The van der Waals surface area contributed by atoms with Crippen LogP contribution in [0.15, 0.2) is 35.3 Å². The van der Waals surface area contributed by atoms with Crippen LogP contribution in [0.3, 0.4) is 0 Å². The molecule has 4 rings (SSSR count). The number of nitrogens with zero attached hydrogens (tertiary/aromatic N) is 4. The molecule has 1 N–H and O–H groups in total. The highest BCUT2D eigenvalue weighted by Gasteiger charge is 2.19. The number of rotatable bonds is 3. The first-order valence-electron chi connectivity index (χ1n) is 9.07. The summed E-state index contributed by atoms with van der Waals surface area (Å²) in [5.74, 6) is 0.0156. The van der Waals surface area contributed by atoms with Crippen molar-refractivity contribution in [2.24, 2.45) is 0 Å². The second kappa shape index (κ2) is 6.89. The molecular formula is C20H21N5O2. The normalized spacial score (nSPS) is 14.7. The summed E-state index contributed by atoms with van der Waals surface area (Å²) < 4.78 is 6.69. The maximum atomic E-state index is 13.0. The number of aromatic nitrogens is 3. The van der Waals surface area contributed by atoms with Crippen molar-refractivity contribution in [3.05, 3.63) is 51.9 Å². The minimum absolute atomic E-state index is 0.0156. The molecule has 138 valence electrons. The summed E-state index contributed by atoms with van der Waals surface area (Å²) in [6.45, 7) is 7.19. The maximum absolute atomic E-state index is 13.0. The largest absolute Gasteiger partial charge is 0.378 e. The minimum Gasteiger partial charge on any atom is -0.378 e. The highest BCUT2D eigenvalue weighted by Crippen LogP contribution is 2.28. The number of nitrogens with one attached hydrogen (secondary N) is 1. The fourth-order valence-electron chi connectivity index (χ4n) is 3.54. The number of H-pyrrole nitrogens is 1. The van der Waals surface area contributed by atoms with E-state index in [-0.39, 0.29) is 11.5 Å². The topological polar surface area (TPSA) is 86.4 Å². The maximum Gasteiger partial charge on any atom is 0.278 e. The Morgan fingerprint density at radius 2 is 1.93 bits per heavy atom. The fraction of sp³-hybridized carbons (Fsp3) is 0.350. The Bertz CT molecular complexity index is 1070. The van der Waals surface area contributed by atoms with Gasteiger partial charge in [0, 0.05) is 24.3 Å². The van der Waals surface area contributed by atoms with Crippen molar-refractivity contribution in [2.75, 3.05) is 31.2 Å². The molecule has 0 saturated carbocycles. The predicted octanol–water partition coefficient (Wildman–Crippen LogP) is 2.52. The van der Waals surface area contributed by atoms with E-state index in [4.69, 9.17) is 4.74 Å². The standard InChI is InChI=1S/C20H21N5O2/c1-13(2)17-18(23-19-15(11-21)12-22-25(19)20(17)26)14-3-5-16(6-4-14)24-7-9-27-10-8-24/h3-6,12-13,23H,7-10H2,1-2H3. The second-order valence-corrected chi connectivity index (χ2v) is 6.95. The van der Waals surface area contributed by atoms with Gasteiger partial charge in [0.15, 0.2) is 5.65 Å². The van der Waals surface area contributed by atoms with Crippen molar-refractivity contribution >= 4 is 11.3 Å². The first-order valence-corrected chi connectivity index (χ1v) is 9.07. The third-order valence-electron chi connectivity index (χ3n) is 4.93. The Labute approximate surface area is 156 Å². The van der Waals surface area contributed by atoms with Crippen LogP contribution in [0.5, 0.6) is 0 Å². The van der Waals surface area contributed by atoms with Gasteiger partial charge in [0.1, 0.15) is 11.6 Å². The molecule has 0 radical (unpaired) electrons. The Morgan fingerprint density at radius 3 is 2.56 bits per heavy atom. The molecule has 3 heterocycles. The number of morpholine rings is 1. The van der Waals surface area contributed by atoms with E-state index in [0.29, 0.717) is 16.8 Å². The van der Waals surface area contributed by atoms with Crippen LogP contribution in [0.4, 0.5) is 5.69 Å². The van der Waals surface area contributed by atoms with Crippen LogP contribution in [0.2, 0.25) is 0 Å². The van der Waals surface area contributed by atoms with E-state index in [9.17, 15) is 10.1 Å².